The minimum Gasteiger partial charge on any atom is -0.493 e. The molecule has 0 atom stereocenters. The Bertz CT molecular complexity index is 472. The predicted molar refractivity (Wildman–Crippen MR) is 84.8 cm³/mol. The fraction of sp³-hybridized carbons (Fsp3) is 0.562. The van der Waals surface area contributed by atoms with Gasteiger partial charge in [-0.2, -0.15) is 0 Å². The average molecular weight is 340 g/mol. The molecule has 0 bridgehead atoms. The second-order valence-electron chi connectivity index (χ2n) is 5.08. The van der Waals surface area contributed by atoms with Crippen LogP contribution >= 0.6 is 15.9 Å². The average Bonchev–Trinajstić information content (AvgIpc) is 2.94. The first-order valence-corrected chi connectivity index (χ1v) is 8.46. The summed E-state index contributed by atoms with van der Waals surface area (Å²) in [4.78, 5) is 14.8. The van der Waals surface area contributed by atoms with E-state index in [1.54, 1.807) is 0 Å². The maximum absolute atomic E-state index is 12.8. The molecule has 0 unspecified atom stereocenters. The molecular formula is C16H22BrNO2. The van der Waals surface area contributed by atoms with Gasteiger partial charge in [-0.1, -0.05) is 29.8 Å². The Morgan fingerprint density at radius 1 is 1.40 bits per heavy atom. The topological polar surface area (TPSA) is 29.5 Å². The first-order valence-electron chi connectivity index (χ1n) is 7.33. The zero-order chi connectivity index (χ0) is 14.5. The minimum absolute atomic E-state index is 0.132. The molecule has 1 amide bonds. The number of carbonyl (C=O) groups excluding carboxylic acids is 1. The summed E-state index contributed by atoms with van der Waals surface area (Å²) in [5, 5.41) is 0.809. The molecule has 20 heavy (non-hydrogen) atoms. The van der Waals surface area contributed by atoms with Crippen LogP contribution in [0.25, 0.3) is 0 Å². The third kappa shape index (κ3) is 3.17. The number of halogens is 1. The van der Waals surface area contributed by atoms with Gasteiger partial charge in [-0.3, -0.25) is 4.79 Å². The highest BCUT2D eigenvalue weighted by molar-refractivity contribution is 9.09. The predicted octanol–water partition coefficient (Wildman–Crippen LogP) is 3.65. The molecule has 3 nitrogen and oxygen atoms in total. The van der Waals surface area contributed by atoms with Gasteiger partial charge in [-0.05, 0) is 36.6 Å². The van der Waals surface area contributed by atoms with Crippen molar-refractivity contribution >= 4 is 21.8 Å². The third-order valence-electron chi connectivity index (χ3n) is 3.91. The summed E-state index contributed by atoms with van der Waals surface area (Å²) in [5.74, 6) is 1.06. The number of amides is 1. The van der Waals surface area contributed by atoms with Gasteiger partial charge in [-0.15, -0.1) is 0 Å². The van der Waals surface area contributed by atoms with E-state index in [0.717, 1.165) is 54.6 Å². The lowest BCUT2D eigenvalue weighted by Crippen LogP contribution is -2.41. The van der Waals surface area contributed by atoms with Gasteiger partial charge in [0.1, 0.15) is 5.75 Å². The Hall–Kier alpha value is -1.03. The summed E-state index contributed by atoms with van der Waals surface area (Å²) in [6, 6.07) is 6.11. The number of hydrogen-bond acceptors (Lipinski definition) is 2. The summed E-state index contributed by atoms with van der Waals surface area (Å²) < 4.78 is 5.50. The molecule has 110 valence electrons. The molecule has 4 heteroatoms. The molecule has 1 heterocycles. The van der Waals surface area contributed by atoms with Crippen LogP contribution in [0.3, 0.4) is 0 Å². The molecule has 0 fully saturated rings. The monoisotopic (exact) mass is 339 g/mol. The third-order valence-corrected chi connectivity index (χ3v) is 4.26. The van der Waals surface area contributed by atoms with E-state index in [-0.39, 0.29) is 5.91 Å². The van der Waals surface area contributed by atoms with Crippen molar-refractivity contribution < 1.29 is 9.53 Å². The van der Waals surface area contributed by atoms with Crippen LogP contribution in [0.4, 0.5) is 0 Å². The van der Waals surface area contributed by atoms with Crippen LogP contribution in [-0.2, 0) is 6.42 Å². The van der Waals surface area contributed by atoms with Crippen molar-refractivity contribution in [1.29, 1.82) is 0 Å². The van der Waals surface area contributed by atoms with Crippen LogP contribution in [0, 0.1) is 0 Å². The number of hydrogen-bond donors (Lipinski definition) is 0. The molecule has 1 aliphatic heterocycles. The summed E-state index contributed by atoms with van der Waals surface area (Å²) in [6.07, 6.45) is 2.88. The maximum Gasteiger partial charge on any atom is 0.254 e. The first kappa shape index (κ1) is 15.4. The van der Waals surface area contributed by atoms with E-state index < -0.39 is 0 Å². The van der Waals surface area contributed by atoms with Gasteiger partial charge >= 0.3 is 0 Å². The lowest BCUT2D eigenvalue weighted by atomic mass is 10.1. The van der Waals surface area contributed by atoms with E-state index in [0.29, 0.717) is 6.04 Å². The lowest BCUT2D eigenvalue weighted by Gasteiger charge is -2.30. The molecule has 0 saturated heterocycles. The standard InChI is InChI=1S/C16H22BrNO2/c1-3-14(4-2)18(9-8-17)16(19)13-5-6-15-12(11-13)7-10-20-15/h5-6,11,14H,3-4,7-10H2,1-2H3. The fourth-order valence-electron chi connectivity index (χ4n) is 2.76. The number of benzene rings is 1. The molecule has 0 aromatic heterocycles. The van der Waals surface area contributed by atoms with Gasteiger partial charge in [-0.25, -0.2) is 0 Å². The summed E-state index contributed by atoms with van der Waals surface area (Å²) in [7, 11) is 0. The molecule has 1 aromatic rings. The van der Waals surface area contributed by atoms with E-state index in [2.05, 4.69) is 29.8 Å². The molecule has 0 aliphatic carbocycles. The highest BCUT2D eigenvalue weighted by Crippen LogP contribution is 2.27. The highest BCUT2D eigenvalue weighted by Gasteiger charge is 2.23. The van der Waals surface area contributed by atoms with Crippen molar-refractivity contribution in [3.8, 4) is 5.75 Å². The molecule has 0 N–H and O–H groups in total. The SMILES string of the molecule is CCC(CC)N(CCBr)C(=O)c1ccc2c(c1)CCO2. The minimum atomic E-state index is 0.132. The van der Waals surface area contributed by atoms with Gasteiger partial charge < -0.3 is 9.64 Å². The quantitative estimate of drug-likeness (QED) is 0.740. The van der Waals surface area contributed by atoms with Gasteiger partial charge in [0.15, 0.2) is 0 Å². The van der Waals surface area contributed by atoms with E-state index in [4.69, 9.17) is 4.74 Å². The molecule has 0 radical (unpaired) electrons. The number of fused-ring (bicyclic) bond motifs is 1. The van der Waals surface area contributed by atoms with Gasteiger partial charge in [0.05, 0.1) is 6.61 Å². The summed E-state index contributed by atoms with van der Waals surface area (Å²) in [5.41, 5.74) is 1.93. The number of ether oxygens (including phenoxy) is 1. The van der Waals surface area contributed by atoms with Crippen LogP contribution in [0.5, 0.6) is 5.75 Å². The Labute approximate surface area is 129 Å². The van der Waals surface area contributed by atoms with Gasteiger partial charge in [0.25, 0.3) is 5.91 Å². The van der Waals surface area contributed by atoms with E-state index in [1.165, 1.54) is 0 Å². The number of rotatable bonds is 6. The normalized spacial score (nSPS) is 13.2. The summed E-state index contributed by atoms with van der Waals surface area (Å²) in [6.45, 7) is 5.75. The van der Waals surface area contributed by atoms with Crippen LogP contribution in [0.2, 0.25) is 0 Å². The molecule has 0 spiro atoms. The smallest absolute Gasteiger partial charge is 0.254 e. The van der Waals surface area contributed by atoms with Gasteiger partial charge in [0.2, 0.25) is 0 Å². The van der Waals surface area contributed by atoms with Crippen molar-refractivity contribution in [3.63, 3.8) is 0 Å². The van der Waals surface area contributed by atoms with Crippen LogP contribution < -0.4 is 4.74 Å². The van der Waals surface area contributed by atoms with Crippen molar-refractivity contribution in [2.45, 2.75) is 39.2 Å². The van der Waals surface area contributed by atoms with E-state index >= 15 is 0 Å². The second kappa shape index (κ2) is 7.11. The maximum atomic E-state index is 12.8. The van der Waals surface area contributed by atoms with Crippen molar-refractivity contribution in [3.05, 3.63) is 29.3 Å². The van der Waals surface area contributed by atoms with E-state index in [1.807, 2.05) is 23.1 Å². The Balaban J connectivity index is 2.22. The van der Waals surface area contributed by atoms with Crippen molar-refractivity contribution in [2.75, 3.05) is 18.5 Å². The Morgan fingerprint density at radius 3 is 2.80 bits per heavy atom. The fourth-order valence-corrected chi connectivity index (χ4v) is 3.14. The van der Waals surface area contributed by atoms with Crippen LogP contribution in [0.15, 0.2) is 18.2 Å². The Kier molecular flexibility index (Phi) is 5.46. The molecule has 1 aromatic carbocycles. The molecule has 2 rings (SSSR count). The largest absolute Gasteiger partial charge is 0.493 e. The van der Waals surface area contributed by atoms with Gasteiger partial charge in [0, 0.05) is 29.9 Å². The zero-order valence-electron chi connectivity index (χ0n) is 12.2. The summed E-state index contributed by atoms with van der Waals surface area (Å²) >= 11 is 3.45. The molecule has 0 saturated carbocycles. The number of alkyl halides is 1. The van der Waals surface area contributed by atoms with Crippen molar-refractivity contribution in [2.24, 2.45) is 0 Å². The van der Waals surface area contributed by atoms with Crippen molar-refractivity contribution in [1.82, 2.24) is 4.90 Å². The molecule has 1 aliphatic rings. The van der Waals surface area contributed by atoms with Crippen LogP contribution in [-0.4, -0.2) is 35.3 Å². The van der Waals surface area contributed by atoms with E-state index in [9.17, 15) is 4.79 Å². The second-order valence-corrected chi connectivity index (χ2v) is 5.87. The number of carbonyl (C=O) groups is 1. The zero-order valence-corrected chi connectivity index (χ0v) is 13.8. The van der Waals surface area contributed by atoms with Crippen LogP contribution in [0.1, 0.15) is 42.6 Å². The first-order chi connectivity index (χ1) is 9.71. The molecular weight excluding hydrogens is 318 g/mol. The lowest BCUT2D eigenvalue weighted by molar-refractivity contribution is 0.0683. The number of nitrogens with zero attached hydrogens (tertiary/aromatic N) is 1. The Morgan fingerprint density at radius 2 is 2.15 bits per heavy atom. The highest BCUT2D eigenvalue weighted by atomic mass is 79.9.